The van der Waals surface area contributed by atoms with Gasteiger partial charge in [0.25, 0.3) is 0 Å². The van der Waals surface area contributed by atoms with Crippen LogP contribution in [0, 0.1) is 0 Å². The van der Waals surface area contributed by atoms with Gasteiger partial charge in [-0.3, -0.25) is 4.90 Å². The molecule has 2 amide bonds. The van der Waals surface area contributed by atoms with Crippen LogP contribution in [0.15, 0.2) is 54.6 Å². The number of ether oxygens (including phenoxy) is 1. The molecular weight excluding hydrogens is 371 g/mol. The standard InChI is InChI=1S/C20H22F3N3O2/c21-20(22,23)28-18-8-4-7-17(13-18)15-25-9-11-26(12-10-25)19(27)24-14-16-5-2-1-3-6-16/h1-8,13H,9-12,14-15H2,(H,24,27). The number of nitrogens with zero attached hydrogens (tertiary/aromatic N) is 2. The quantitative estimate of drug-likeness (QED) is 0.844. The van der Waals surface area contributed by atoms with Gasteiger partial charge in [-0.2, -0.15) is 0 Å². The van der Waals surface area contributed by atoms with Gasteiger partial charge in [0.2, 0.25) is 0 Å². The van der Waals surface area contributed by atoms with Gasteiger partial charge in [-0.05, 0) is 23.3 Å². The zero-order valence-corrected chi connectivity index (χ0v) is 15.3. The molecule has 5 nitrogen and oxygen atoms in total. The third-order valence-electron chi connectivity index (χ3n) is 4.48. The Morgan fingerprint density at radius 3 is 2.32 bits per heavy atom. The van der Waals surface area contributed by atoms with E-state index in [2.05, 4.69) is 15.0 Å². The number of benzene rings is 2. The summed E-state index contributed by atoms with van der Waals surface area (Å²) in [7, 11) is 0. The maximum atomic E-state index is 12.3. The summed E-state index contributed by atoms with van der Waals surface area (Å²) in [5.74, 6) is -0.219. The molecule has 1 aliphatic heterocycles. The van der Waals surface area contributed by atoms with Crippen LogP contribution in [0.5, 0.6) is 5.75 Å². The summed E-state index contributed by atoms with van der Waals surface area (Å²) in [5, 5.41) is 2.91. The predicted octanol–water partition coefficient (Wildman–Crippen LogP) is 3.61. The number of amides is 2. The van der Waals surface area contributed by atoms with Crippen molar-refractivity contribution < 1.29 is 22.7 Å². The van der Waals surface area contributed by atoms with Gasteiger partial charge < -0.3 is 15.0 Å². The fourth-order valence-corrected chi connectivity index (χ4v) is 3.09. The normalized spacial score (nSPS) is 15.3. The van der Waals surface area contributed by atoms with Crippen molar-refractivity contribution in [3.05, 3.63) is 65.7 Å². The van der Waals surface area contributed by atoms with E-state index < -0.39 is 6.36 Å². The van der Waals surface area contributed by atoms with E-state index in [1.54, 1.807) is 17.0 Å². The highest BCUT2D eigenvalue weighted by atomic mass is 19.4. The van der Waals surface area contributed by atoms with Gasteiger partial charge in [0.1, 0.15) is 5.75 Å². The Morgan fingerprint density at radius 2 is 1.64 bits per heavy atom. The molecule has 1 aliphatic rings. The van der Waals surface area contributed by atoms with Gasteiger partial charge in [0.15, 0.2) is 0 Å². The Bertz CT molecular complexity index is 776. The highest BCUT2D eigenvalue weighted by molar-refractivity contribution is 5.74. The summed E-state index contributed by atoms with van der Waals surface area (Å²) in [6.45, 7) is 3.44. The number of rotatable bonds is 5. The molecule has 0 spiro atoms. The monoisotopic (exact) mass is 393 g/mol. The van der Waals surface area contributed by atoms with Gasteiger partial charge in [-0.15, -0.1) is 13.2 Å². The van der Waals surface area contributed by atoms with E-state index in [9.17, 15) is 18.0 Å². The largest absolute Gasteiger partial charge is 0.573 e. The van der Waals surface area contributed by atoms with Crippen LogP contribution in [0.2, 0.25) is 0 Å². The zero-order valence-electron chi connectivity index (χ0n) is 15.3. The van der Waals surface area contributed by atoms with Crippen molar-refractivity contribution in [2.75, 3.05) is 26.2 Å². The summed E-state index contributed by atoms with van der Waals surface area (Å²) in [6.07, 6.45) is -4.70. The summed E-state index contributed by atoms with van der Waals surface area (Å²) in [5.41, 5.74) is 1.78. The van der Waals surface area contributed by atoms with Gasteiger partial charge in [0, 0.05) is 39.3 Å². The number of hydrogen-bond donors (Lipinski definition) is 1. The molecule has 2 aromatic carbocycles. The van der Waals surface area contributed by atoms with E-state index in [0.717, 1.165) is 11.1 Å². The number of urea groups is 1. The lowest BCUT2D eigenvalue weighted by Gasteiger charge is -2.34. The molecule has 28 heavy (non-hydrogen) atoms. The zero-order chi connectivity index (χ0) is 20.0. The molecule has 0 aromatic heterocycles. The molecule has 1 heterocycles. The Balaban J connectivity index is 1.45. The summed E-state index contributed by atoms with van der Waals surface area (Å²) < 4.78 is 41.0. The first kappa shape index (κ1) is 20.0. The lowest BCUT2D eigenvalue weighted by molar-refractivity contribution is -0.274. The molecule has 8 heteroatoms. The molecule has 3 rings (SSSR count). The van der Waals surface area contributed by atoms with Crippen LogP contribution in [0.25, 0.3) is 0 Å². The fraction of sp³-hybridized carbons (Fsp3) is 0.350. The summed E-state index contributed by atoms with van der Waals surface area (Å²) >= 11 is 0. The minimum Gasteiger partial charge on any atom is -0.406 e. The smallest absolute Gasteiger partial charge is 0.406 e. The molecule has 1 fully saturated rings. The van der Waals surface area contributed by atoms with E-state index >= 15 is 0 Å². The first-order valence-electron chi connectivity index (χ1n) is 9.03. The lowest BCUT2D eigenvalue weighted by atomic mass is 10.2. The lowest BCUT2D eigenvalue weighted by Crippen LogP contribution is -2.51. The fourth-order valence-electron chi connectivity index (χ4n) is 3.09. The number of carbonyl (C=O) groups is 1. The molecule has 0 unspecified atom stereocenters. The second kappa shape index (κ2) is 8.97. The molecule has 0 saturated carbocycles. The SMILES string of the molecule is O=C(NCc1ccccc1)N1CCN(Cc2cccc(OC(F)(F)F)c2)CC1. The molecule has 0 aliphatic carbocycles. The van der Waals surface area contributed by atoms with E-state index in [-0.39, 0.29) is 11.8 Å². The first-order valence-corrected chi connectivity index (χ1v) is 9.03. The van der Waals surface area contributed by atoms with Gasteiger partial charge in [0.05, 0.1) is 0 Å². The second-order valence-corrected chi connectivity index (χ2v) is 6.60. The van der Waals surface area contributed by atoms with Crippen molar-refractivity contribution in [1.82, 2.24) is 15.1 Å². The topological polar surface area (TPSA) is 44.8 Å². The Labute approximate surface area is 161 Å². The Hall–Kier alpha value is -2.74. The number of halogens is 3. The molecule has 0 atom stereocenters. The molecular formula is C20H22F3N3O2. The van der Waals surface area contributed by atoms with Gasteiger partial charge in [-0.1, -0.05) is 42.5 Å². The number of hydrogen-bond acceptors (Lipinski definition) is 3. The van der Waals surface area contributed by atoms with Crippen molar-refractivity contribution in [2.24, 2.45) is 0 Å². The molecule has 1 N–H and O–H groups in total. The van der Waals surface area contributed by atoms with Crippen LogP contribution in [0.4, 0.5) is 18.0 Å². The van der Waals surface area contributed by atoms with Crippen LogP contribution in [0.3, 0.4) is 0 Å². The van der Waals surface area contributed by atoms with Crippen LogP contribution in [-0.2, 0) is 13.1 Å². The summed E-state index contributed by atoms with van der Waals surface area (Å²) in [4.78, 5) is 16.1. The minimum absolute atomic E-state index is 0.107. The number of alkyl halides is 3. The van der Waals surface area contributed by atoms with Crippen molar-refractivity contribution >= 4 is 6.03 Å². The Morgan fingerprint density at radius 1 is 0.964 bits per heavy atom. The minimum atomic E-state index is -4.70. The highest BCUT2D eigenvalue weighted by Crippen LogP contribution is 2.24. The molecule has 1 saturated heterocycles. The maximum absolute atomic E-state index is 12.3. The van der Waals surface area contributed by atoms with Crippen molar-refractivity contribution in [2.45, 2.75) is 19.5 Å². The van der Waals surface area contributed by atoms with E-state index in [4.69, 9.17) is 0 Å². The molecule has 2 aromatic rings. The third kappa shape index (κ3) is 6.16. The van der Waals surface area contributed by atoms with Crippen LogP contribution in [-0.4, -0.2) is 48.4 Å². The van der Waals surface area contributed by atoms with Gasteiger partial charge >= 0.3 is 12.4 Å². The van der Waals surface area contributed by atoms with E-state index in [1.807, 2.05) is 30.3 Å². The van der Waals surface area contributed by atoms with Gasteiger partial charge in [-0.25, -0.2) is 4.79 Å². The molecule has 0 radical (unpaired) electrons. The molecule has 0 bridgehead atoms. The van der Waals surface area contributed by atoms with Crippen molar-refractivity contribution in [3.8, 4) is 5.75 Å². The Kier molecular flexibility index (Phi) is 6.41. The third-order valence-corrected chi connectivity index (χ3v) is 4.48. The van der Waals surface area contributed by atoms with E-state index in [0.29, 0.717) is 39.3 Å². The molecule has 150 valence electrons. The maximum Gasteiger partial charge on any atom is 0.573 e. The average molecular weight is 393 g/mol. The van der Waals surface area contributed by atoms with E-state index in [1.165, 1.54) is 12.1 Å². The highest BCUT2D eigenvalue weighted by Gasteiger charge is 2.31. The van der Waals surface area contributed by atoms with Crippen molar-refractivity contribution in [1.29, 1.82) is 0 Å². The van der Waals surface area contributed by atoms with Crippen LogP contribution in [0.1, 0.15) is 11.1 Å². The number of piperazine rings is 1. The number of carbonyl (C=O) groups excluding carboxylic acids is 1. The average Bonchev–Trinajstić information content (AvgIpc) is 2.66. The summed E-state index contributed by atoms with van der Waals surface area (Å²) in [6, 6.07) is 15.6. The number of nitrogens with one attached hydrogen (secondary N) is 1. The van der Waals surface area contributed by atoms with Crippen LogP contribution >= 0.6 is 0 Å². The first-order chi connectivity index (χ1) is 13.4. The predicted molar refractivity (Wildman–Crippen MR) is 98.7 cm³/mol. The van der Waals surface area contributed by atoms with Crippen molar-refractivity contribution in [3.63, 3.8) is 0 Å². The van der Waals surface area contributed by atoms with Crippen LogP contribution < -0.4 is 10.1 Å². The second-order valence-electron chi connectivity index (χ2n) is 6.60.